The second-order valence-electron chi connectivity index (χ2n) is 12.2. The normalized spacial score (nSPS) is 23.8. The molecule has 0 aliphatic heterocycles. The van der Waals surface area contributed by atoms with Gasteiger partial charge in [-0.05, 0) is 49.2 Å². The molecule has 1 N–H and O–H groups in total. The molecular formula is C30H44O9SSi. The first-order valence-corrected chi connectivity index (χ1v) is 18.1. The van der Waals surface area contributed by atoms with Gasteiger partial charge in [-0.2, -0.15) is 8.42 Å². The zero-order valence-electron chi connectivity index (χ0n) is 25.1. The zero-order valence-corrected chi connectivity index (χ0v) is 26.9. The van der Waals surface area contributed by atoms with Gasteiger partial charge in [0.25, 0.3) is 10.1 Å². The predicted molar refractivity (Wildman–Crippen MR) is 157 cm³/mol. The van der Waals surface area contributed by atoms with E-state index in [4.69, 9.17) is 22.8 Å². The Morgan fingerprint density at radius 2 is 1.68 bits per heavy atom. The number of carbonyl (C=O) groups is 1. The van der Waals surface area contributed by atoms with E-state index < -0.39 is 48.1 Å². The third kappa shape index (κ3) is 8.47. The smallest absolute Gasteiger partial charge is 0.337 e. The Morgan fingerprint density at radius 3 is 2.27 bits per heavy atom. The molecule has 1 fully saturated rings. The average molecular weight is 609 g/mol. The Labute approximate surface area is 245 Å². The van der Waals surface area contributed by atoms with Crippen LogP contribution in [0.3, 0.4) is 0 Å². The lowest BCUT2D eigenvalue weighted by Crippen LogP contribution is -2.61. The van der Waals surface area contributed by atoms with Crippen LogP contribution >= 0.6 is 0 Å². The van der Waals surface area contributed by atoms with Gasteiger partial charge in [0, 0.05) is 12.3 Å². The summed E-state index contributed by atoms with van der Waals surface area (Å²) in [5.41, 5.74) is 0.396. The first kappa shape index (κ1) is 33.4. The average Bonchev–Trinajstić information content (AvgIpc) is 2.91. The van der Waals surface area contributed by atoms with Crippen molar-refractivity contribution in [1.29, 1.82) is 0 Å². The number of benzene rings is 2. The quantitative estimate of drug-likeness (QED) is 0.117. The minimum Gasteiger partial charge on any atom is -0.467 e. The minimum atomic E-state index is -4.12. The number of aliphatic hydroxyl groups excluding tert-OH is 1. The molecule has 2 aromatic carbocycles. The summed E-state index contributed by atoms with van der Waals surface area (Å²) in [6.45, 7) is 11.8. The number of hydrogen-bond acceptors (Lipinski definition) is 9. The number of carbonyl (C=O) groups excluding carboxylic acids is 1. The Bertz CT molecular complexity index is 1240. The van der Waals surface area contributed by atoms with E-state index in [0.717, 1.165) is 11.1 Å². The third-order valence-electron chi connectivity index (χ3n) is 8.02. The van der Waals surface area contributed by atoms with Gasteiger partial charge in [0.1, 0.15) is 6.79 Å². The fourth-order valence-electron chi connectivity index (χ4n) is 4.63. The van der Waals surface area contributed by atoms with Crippen LogP contribution in [0.1, 0.15) is 44.7 Å². The molecule has 41 heavy (non-hydrogen) atoms. The topological polar surface area (TPSA) is 118 Å². The molecule has 0 unspecified atom stereocenters. The lowest BCUT2D eigenvalue weighted by atomic mass is 9.75. The highest BCUT2D eigenvalue weighted by Gasteiger charge is 2.56. The maximum Gasteiger partial charge on any atom is 0.337 e. The maximum atomic E-state index is 13.4. The SMILES string of the molecule is COC(=O)[C@]1(O[Si](C)(C)C(C)(C)C)C[C@@H](COS(=O)(=O)c2ccc(C)cc2)[C@@H](O)[C@H](OCOCc2ccccc2)C1. The molecular weight excluding hydrogens is 564 g/mol. The minimum absolute atomic E-state index is 0.00149. The van der Waals surface area contributed by atoms with Gasteiger partial charge in [-0.15, -0.1) is 0 Å². The molecule has 4 atom stereocenters. The van der Waals surface area contributed by atoms with Gasteiger partial charge < -0.3 is 23.7 Å². The highest BCUT2D eigenvalue weighted by atomic mass is 32.2. The van der Waals surface area contributed by atoms with Crippen molar-refractivity contribution in [3.05, 3.63) is 65.7 Å². The molecule has 0 amide bonds. The second-order valence-corrected chi connectivity index (χ2v) is 18.6. The summed E-state index contributed by atoms with van der Waals surface area (Å²) >= 11 is 0. The van der Waals surface area contributed by atoms with E-state index in [2.05, 4.69) is 20.8 Å². The number of methoxy groups -OCH3 is 1. The maximum absolute atomic E-state index is 13.4. The van der Waals surface area contributed by atoms with Crippen molar-refractivity contribution in [3.8, 4) is 0 Å². The van der Waals surface area contributed by atoms with E-state index in [1.165, 1.54) is 19.2 Å². The van der Waals surface area contributed by atoms with Gasteiger partial charge in [0.05, 0.1) is 37.4 Å². The summed E-state index contributed by atoms with van der Waals surface area (Å²) in [5.74, 6) is -1.41. The van der Waals surface area contributed by atoms with Gasteiger partial charge in [0.2, 0.25) is 0 Å². The lowest BCUT2D eigenvalue weighted by molar-refractivity contribution is -0.201. The number of ether oxygens (including phenoxy) is 3. The van der Waals surface area contributed by atoms with E-state index in [1.54, 1.807) is 12.1 Å². The summed E-state index contributed by atoms with van der Waals surface area (Å²) in [5, 5.41) is 11.1. The van der Waals surface area contributed by atoms with Gasteiger partial charge >= 0.3 is 5.97 Å². The van der Waals surface area contributed by atoms with Crippen LogP contribution in [0, 0.1) is 12.8 Å². The van der Waals surface area contributed by atoms with Crippen LogP contribution in [-0.2, 0) is 44.3 Å². The van der Waals surface area contributed by atoms with Crippen molar-refractivity contribution in [2.24, 2.45) is 5.92 Å². The van der Waals surface area contributed by atoms with Crippen molar-refractivity contribution in [3.63, 3.8) is 0 Å². The van der Waals surface area contributed by atoms with Crippen molar-refractivity contribution >= 4 is 24.4 Å². The van der Waals surface area contributed by atoms with Crippen LogP contribution in [0.5, 0.6) is 0 Å². The van der Waals surface area contributed by atoms with Crippen LogP contribution < -0.4 is 0 Å². The first-order valence-electron chi connectivity index (χ1n) is 13.8. The fourth-order valence-corrected chi connectivity index (χ4v) is 7.12. The molecule has 228 valence electrons. The number of esters is 1. The van der Waals surface area contributed by atoms with Gasteiger partial charge in [-0.25, -0.2) is 4.79 Å². The van der Waals surface area contributed by atoms with E-state index in [9.17, 15) is 18.3 Å². The summed E-state index contributed by atoms with van der Waals surface area (Å²) < 4.78 is 55.0. The Hall–Kier alpha value is -2.12. The van der Waals surface area contributed by atoms with Crippen LogP contribution in [0.25, 0.3) is 0 Å². The molecule has 3 rings (SSSR count). The molecule has 0 saturated heterocycles. The number of aryl methyl sites for hydroxylation is 1. The highest BCUT2D eigenvalue weighted by molar-refractivity contribution is 7.86. The number of hydrogen-bond donors (Lipinski definition) is 1. The third-order valence-corrected chi connectivity index (χ3v) is 13.8. The van der Waals surface area contributed by atoms with Gasteiger partial charge in [-0.1, -0.05) is 68.8 Å². The van der Waals surface area contributed by atoms with Crippen LogP contribution in [0.2, 0.25) is 18.1 Å². The molecule has 0 radical (unpaired) electrons. The zero-order chi connectivity index (χ0) is 30.5. The highest BCUT2D eigenvalue weighted by Crippen LogP contribution is 2.45. The van der Waals surface area contributed by atoms with Gasteiger partial charge in [0.15, 0.2) is 13.9 Å². The van der Waals surface area contributed by atoms with Gasteiger partial charge in [-0.3, -0.25) is 4.18 Å². The fraction of sp³-hybridized carbons (Fsp3) is 0.567. The Kier molecular flexibility index (Phi) is 11.0. The Morgan fingerprint density at radius 1 is 1.05 bits per heavy atom. The first-order chi connectivity index (χ1) is 19.1. The van der Waals surface area contributed by atoms with Crippen LogP contribution in [-0.4, -0.2) is 66.1 Å². The van der Waals surface area contributed by atoms with E-state index in [-0.39, 0.29) is 36.2 Å². The second kappa shape index (κ2) is 13.5. The standard InChI is InChI=1S/C30H44O9SSi/c1-22-13-15-25(16-14-22)40(33,34)38-20-24-17-30(28(32)35-5,39-41(6,7)29(2,3)4)18-26(27(24)31)37-21-36-19-23-11-9-8-10-12-23/h8-16,24,26-27,31H,17-21H2,1-7H3/t24-,26+,27+,30-/m0/s1. The molecule has 1 aliphatic carbocycles. The van der Waals surface area contributed by atoms with Crippen molar-refractivity contribution < 1.29 is 41.1 Å². The van der Waals surface area contributed by atoms with Crippen molar-refractivity contribution in [2.75, 3.05) is 20.5 Å². The molecule has 1 saturated carbocycles. The number of rotatable bonds is 12. The molecule has 9 nitrogen and oxygen atoms in total. The van der Waals surface area contributed by atoms with E-state index >= 15 is 0 Å². The summed E-state index contributed by atoms with van der Waals surface area (Å²) in [7, 11) is -5.38. The molecule has 11 heteroatoms. The predicted octanol–water partition coefficient (Wildman–Crippen LogP) is 4.96. The molecule has 1 aliphatic rings. The van der Waals surface area contributed by atoms with Crippen LogP contribution in [0.4, 0.5) is 0 Å². The summed E-state index contributed by atoms with van der Waals surface area (Å²) in [4.78, 5) is 13.4. The summed E-state index contributed by atoms with van der Waals surface area (Å²) in [6, 6.07) is 15.9. The molecule has 0 aromatic heterocycles. The van der Waals surface area contributed by atoms with E-state index in [1.807, 2.05) is 50.3 Å². The van der Waals surface area contributed by atoms with Crippen molar-refractivity contribution in [2.45, 2.75) is 88.0 Å². The molecule has 0 heterocycles. The number of aliphatic hydroxyl groups is 1. The molecule has 0 bridgehead atoms. The molecule has 2 aromatic rings. The lowest BCUT2D eigenvalue weighted by Gasteiger charge is -2.50. The van der Waals surface area contributed by atoms with E-state index in [0.29, 0.717) is 6.61 Å². The van der Waals surface area contributed by atoms with Crippen LogP contribution in [0.15, 0.2) is 59.5 Å². The monoisotopic (exact) mass is 608 g/mol. The summed E-state index contributed by atoms with van der Waals surface area (Å²) in [6.07, 6.45) is -2.03. The largest absolute Gasteiger partial charge is 0.467 e. The van der Waals surface area contributed by atoms with Crippen molar-refractivity contribution in [1.82, 2.24) is 0 Å². The molecule has 0 spiro atoms. The Balaban J connectivity index is 1.86.